The van der Waals surface area contributed by atoms with Crippen molar-refractivity contribution in [2.75, 3.05) is 5.73 Å². The number of nitrogens with zero attached hydrogens (tertiary/aromatic N) is 2. The maximum Gasteiger partial charge on any atom is 0.141 e. The summed E-state index contributed by atoms with van der Waals surface area (Å²) in [5, 5.41) is 0.0722. The van der Waals surface area contributed by atoms with Crippen LogP contribution in [0.5, 0.6) is 0 Å². The molecular formula is C11H11ClFN3. The molecule has 5 heteroatoms. The van der Waals surface area contributed by atoms with Crippen LogP contribution in [-0.2, 0) is 6.54 Å². The minimum atomic E-state index is -0.445. The molecule has 0 spiro atoms. The van der Waals surface area contributed by atoms with Gasteiger partial charge in [-0.3, -0.25) is 0 Å². The van der Waals surface area contributed by atoms with E-state index in [0.717, 1.165) is 12.1 Å². The summed E-state index contributed by atoms with van der Waals surface area (Å²) in [5.74, 6) is 0.115. The zero-order chi connectivity index (χ0) is 11.7. The molecule has 84 valence electrons. The van der Waals surface area contributed by atoms with Gasteiger partial charge in [0.1, 0.15) is 17.3 Å². The number of aromatic nitrogens is 2. The van der Waals surface area contributed by atoms with Crippen LogP contribution >= 0.6 is 11.6 Å². The third-order valence-electron chi connectivity index (χ3n) is 2.41. The molecule has 16 heavy (non-hydrogen) atoms. The molecule has 2 rings (SSSR count). The highest BCUT2D eigenvalue weighted by atomic mass is 35.5. The van der Waals surface area contributed by atoms with Crippen molar-refractivity contribution < 1.29 is 4.39 Å². The smallest absolute Gasteiger partial charge is 0.141 e. The molecule has 1 aromatic heterocycles. The molecule has 0 aliphatic heterocycles. The summed E-state index contributed by atoms with van der Waals surface area (Å²) in [6.45, 7) is 2.72. The Kier molecular flexibility index (Phi) is 2.83. The lowest BCUT2D eigenvalue weighted by Gasteiger charge is -2.03. The molecule has 3 nitrogen and oxygen atoms in total. The van der Waals surface area contributed by atoms with Gasteiger partial charge in [0.2, 0.25) is 0 Å². The predicted molar refractivity (Wildman–Crippen MR) is 62.7 cm³/mol. The van der Waals surface area contributed by atoms with Crippen LogP contribution in [0.3, 0.4) is 0 Å². The first-order valence-corrected chi connectivity index (χ1v) is 5.27. The van der Waals surface area contributed by atoms with Crippen LogP contribution in [0.1, 0.15) is 6.92 Å². The van der Waals surface area contributed by atoms with Gasteiger partial charge in [0.05, 0.1) is 11.3 Å². The molecule has 0 atom stereocenters. The quantitative estimate of drug-likeness (QED) is 0.876. The molecule has 2 N–H and O–H groups in total. The largest absolute Gasteiger partial charge is 0.383 e. The van der Waals surface area contributed by atoms with E-state index in [2.05, 4.69) is 4.98 Å². The maximum atomic E-state index is 13.0. The average molecular weight is 240 g/mol. The number of anilines is 1. The third kappa shape index (κ3) is 1.76. The van der Waals surface area contributed by atoms with E-state index in [4.69, 9.17) is 17.3 Å². The summed E-state index contributed by atoms with van der Waals surface area (Å²) >= 11 is 5.71. The van der Waals surface area contributed by atoms with Crippen LogP contribution < -0.4 is 5.73 Å². The van der Waals surface area contributed by atoms with Gasteiger partial charge in [-0.2, -0.15) is 0 Å². The zero-order valence-corrected chi connectivity index (χ0v) is 9.50. The number of imidazole rings is 1. The zero-order valence-electron chi connectivity index (χ0n) is 8.74. The Bertz CT molecular complexity index is 522. The lowest BCUT2D eigenvalue weighted by atomic mass is 10.1. The molecular weight excluding hydrogens is 229 g/mol. The standard InChI is InChI=1S/C11H11ClFN3/c1-2-16-6-15-10(11(16)14)7-3-4-9(13)8(12)5-7/h3-6H,2,14H2,1H3. The summed E-state index contributed by atoms with van der Waals surface area (Å²) in [7, 11) is 0. The average Bonchev–Trinajstić information content (AvgIpc) is 2.64. The van der Waals surface area contributed by atoms with Gasteiger partial charge in [-0.25, -0.2) is 9.37 Å². The van der Waals surface area contributed by atoms with E-state index < -0.39 is 5.82 Å². The van der Waals surface area contributed by atoms with Gasteiger partial charge in [-0.05, 0) is 25.1 Å². The van der Waals surface area contributed by atoms with Crippen molar-refractivity contribution in [2.24, 2.45) is 0 Å². The molecule has 0 unspecified atom stereocenters. The molecule has 0 radical (unpaired) electrons. The first-order valence-electron chi connectivity index (χ1n) is 4.89. The van der Waals surface area contributed by atoms with E-state index in [1.165, 1.54) is 12.1 Å². The Morgan fingerprint density at radius 1 is 1.50 bits per heavy atom. The molecule has 0 saturated carbocycles. The van der Waals surface area contributed by atoms with Crippen molar-refractivity contribution in [3.63, 3.8) is 0 Å². The van der Waals surface area contributed by atoms with Crippen molar-refractivity contribution in [3.05, 3.63) is 35.4 Å². The van der Waals surface area contributed by atoms with E-state index >= 15 is 0 Å². The van der Waals surface area contributed by atoms with Gasteiger partial charge >= 0.3 is 0 Å². The number of halogens is 2. The summed E-state index contributed by atoms with van der Waals surface area (Å²) in [5.41, 5.74) is 7.24. The molecule has 0 aliphatic rings. The van der Waals surface area contributed by atoms with Crippen molar-refractivity contribution in [2.45, 2.75) is 13.5 Å². The van der Waals surface area contributed by atoms with Crippen LogP contribution in [0.15, 0.2) is 24.5 Å². The minimum absolute atomic E-state index is 0.0722. The van der Waals surface area contributed by atoms with Crippen molar-refractivity contribution in [1.82, 2.24) is 9.55 Å². The normalized spacial score (nSPS) is 10.7. The van der Waals surface area contributed by atoms with Gasteiger partial charge in [0.25, 0.3) is 0 Å². The maximum absolute atomic E-state index is 13.0. The number of aryl methyl sites for hydroxylation is 1. The van der Waals surface area contributed by atoms with Gasteiger partial charge in [-0.1, -0.05) is 11.6 Å². The fraction of sp³-hybridized carbons (Fsp3) is 0.182. The second-order valence-corrected chi connectivity index (χ2v) is 3.80. The van der Waals surface area contributed by atoms with Crippen LogP contribution in [0, 0.1) is 5.82 Å². The number of nitrogen functional groups attached to an aromatic ring is 1. The molecule has 1 aromatic carbocycles. The first-order chi connectivity index (χ1) is 7.63. The lowest BCUT2D eigenvalue weighted by molar-refractivity contribution is 0.628. The van der Waals surface area contributed by atoms with E-state index in [1.54, 1.807) is 12.4 Å². The number of benzene rings is 1. The fourth-order valence-electron chi connectivity index (χ4n) is 1.51. The topological polar surface area (TPSA) is 43.8 Å². The summed E-state index contributed by atoms with van der Waals surface area (Å²) < 4.78 is 14.8. The first kappa shape index (κ1) is 11.0. The molecule has 0 saturated heterocycles. The highest BCUT2D eigenvalue weighted by Crippen LogP contribution is 2.27. The van der Waals surface area contributed by atoms with Crippen molar-refractivity contribution in [1.29, 1.82) is 0 Å². The van der Waals surface area contributed by atoms with Crippen LogP contribution in [0.25, 0.3) is 11.3 Å². The minimum Gasteiger partial charge on any atom is -0.383 e. The third-order valence-corrected chi connectivity index (χ3v) is 2.70. The second kappa shape index (κ2) is 4.14. The van der Waals surface area contributed by atoms with E-state index in [-0.39, 0.29) is 5.02 Å². The molecule has 0 bridgehead atoms. The summed E-state index contributed by atoms with van der Waals surface area (Å²) in [4.78, 5) is 4.18. The lowest BCUT2D eigenvalue weighted by Crippen LogP contribution is -1.99. The molecule has 0 aliphatic carbocycles. The van der Waals surface area contributed by atoms with Gasteiger partial charge < -0.3 is 10.3 Å². The van der Waals surface area contributed by atoms with Gasteiger partial charge in [0.15, 0.2) is 0 Å². The Labute approximate surface area is 97.7 Å². The molecule has 2 aromatic rings. The monoisotopic (exact) mass is 239 g/mol. The Balaban J connectivity index is 2.50. The van der Waals surface area contributed by atoms with Gasteiger partial charge in [0, 0.05) is 12.1 Å². The van der Waals surface area contributed by atoms with Crippen LogP contribution in [0.4, 0.5) is 10.2 Å². The number of hydrogen-bond donors (Lipinski definition) is 1. The number of nitrogens with two attached hydrogens (primary N) is 1. The van der Waals surface area contributed by atoms with E-state index in [1.807, 2.05) is 11.5 Å². The molecule has 0 fully saturated rings. The Morgan fingerprint density at radius 3 is 2.81 bits per heavy atom. The Hall–Kier alpha value is -1.55. The van der Waals surface area contributed by atoms with Crippen molar-refractivity contribution in [3.8, 4) is 11.3 Å². The van der Waals surface area contributed by atoms with Crippen molar-refractivity contribution >= 4 is 17.4 Å². The second-order valence-electron chi connectivity index (χ2n) is 3.39. The van der Waals surface area contributed by atoms with Crippen LogP contribution in [0.2, 0.25) is 5.02 Å². The van der Waals surface area contributed by atoms with E-state index in [9.17, 15) is 4.39 Å². The Morgan fingerprint density at radius 2 is 2.25 bits per heavy atom. The summed E-state index contributed by atoms with van der Waals surface area (Å²) in [6, 6.07) is 4.44. The predicted octanol–water partition coefficient (Wildman–Crippen LogP) is 2.94. The fourth-order valence-corrected chi connectivity index (χ4v) is 1.69. The number of rotatable bonds is 2. The number of hydrogen-bond acceptors (Lipinski definition) is 2. The molecule has 1 heterocycles. The van der Waals surface area contributed by atoms with E-state index in [0.29, 0.717) is 11.5 Å². The van der Waals surface area contributed by atoms with Gasteiger partial charge in [-0.15, -0.1) is 0 Å². The highest BCUT2D eigenvalue weighted by Gasteiger charge is 2.10. The highest BCUT2D eigenvalue weighted by molar-refractivity contribution is 6.31. The molecule has 0 amide bonds. The SMILES string of the molecule is CCn1cnc(-c2ccc(F)c(Cl)c2)c1N. The summed E-state index contributed by atoms with van der Waals surface area (Å²) in [6.07, 6.45) is 1.65. The van der Waals surface area contributed by atoms with Crippen LogP contribution in [-0.4, -0.2) is 9.55 Å².